The molecule has 13 heavy (non-hydrogen) atoms. The average Bonchev–Trinajstić information content (AvgIpc) is 2.52. The van der Waals surface area contributed by atoms with Crippen molar-refractivity contribution in [1.29, 1.82) is 0 Å². The van der Waals surface area contributed by atoms with Crippen LogP contribution < -0.4 is 11.5 Å². The first kappa shape index (κ1) is 7.67. The maximum Gasteiger partial charge on any atom is 0.0724 e. The maximum atomic E-state index is 5.63. The Kier molecular flexibility index (Phi) is 1.66. The summed E-state index contributed by atoms with van der Waals surface area (Å²) in [5.74, 6) is 0. The monoisotopic (exact) mass is 174 g/mol. The molecular formula is C9H10N4. The van der Waals surface area contributed by atoms with Gasteiger partial charge in [0.15, 0.2) is 0 Å². The lowest BCUT2D eigenvalue weighted by Gasteiger charge is -2.00. The Balaban J connectivity index is 2.46. The van der Waals surface area contributed by atoms with Crippen molar-refractivity contribution in [3.63, 3.8) is 0 Å². The molecule has 0 aliphatic rings. The number of nitrogens with zero attached hydrogens (tertiary/aromatic N) is 2. The second kappa shape index (κ2) is 2.82. The lowest BCUT2D eigenvalue weighted by Crippen LogP contribution is -1.95. The molecule has 0 saturated carbocycles. The average molecular weight is 174 g/mol. The molecule has 0 aliphatic carbocycles. The fourth-order valence-corrected chi connectivity index (χ4v) is 1.15. The molecule has 1 aromatic heterocycles. The van der Waals surface area contributed by atoms with Gasteiger partial charge in [0.25, 0.3) is 0 Å². The number of aromatic nitrogens is 2. The molecule has 0 atom stereocenters. The molecule has 4 N–H and O–H groups in total. The van der Waals surface area contributed by atoms with E-state index in [4.69, 9.17) is 11.5 Å². The Labute approximate surface area is 75.8 Å². The van der Waals surface area contributed by atoms with Crippen molar-refractivity contribution < 1.29 is 0 Å². The number of nitrogens with two attached hydrogens (primary N) is 2. The third-order valence-corrected chi connectivity index (χ3v) is 1.74. The van der Waals surface area contributed by atoms with Gasteiger partial charge in [0.1, 0.15) is 0 Å². The zero-order valence-corrected chi connectivity index (χ0v) is 7.01. The molecule has 4 nitrogen and oxygen atoms in total. The van der Waals surface area contributed by atoms with Crippen LogP contribution in [0.25, 0.3) is 5.69 Å². The minimum absolute atomic E-state index is 0.641. The Bertz CT molecular complexity index is 419. The van der Waals surface area contributed by atoms with Crippen molar-refractivity contribution in [2.45, 2.75) is 0 Å². The molecule has 2 aromatic rings. The summed E-state index contributed by atoms with van der Waals surface area (Å²) in [5.41, 5.74) is 13.4. The largest absolute Gasteiger partial charge is 0.399 e. The van der Waals surface area contributed by atoms with Crippen LogP contribution in [0.3, 0.4) is 0 Å². The van der Waals surface area contributed by atoms with Gasteiger partial charge in [-0.05, 0) is 18.2 Å². The highest BCUT2D eigenvalue weighted by atomic mass is 15.3. The summed E-state index contributed by atoms with van der Waals surface area (Å²) in [6.45, 7) is 0. The molecule has 0 unspecified atom stereocenters. The second-order valence-corrected chi connectivity index (χ2v) is 2.81. The summed E-state index contributed by atoms with van der Waals surface area (Å²) >= 11 is 0. The van der Waals surface area contributed by atoms with E-state index in [9.17, 15) is 0 Å². The SMILES string of the molecule is Nc1cccc(-n2cc(N)cn2)c1. The van der Waals surface area contributed by atoms with Crippen LogP contribution in [0.1, 0.15) is 0 Å². The summed E-state index contributed by atoms with van der Waals surface area (Å²) < 4.78 is 1.69. The van der Waals surface area contributed by atoms with Crippen LogP contribution in [-0.2, 0) is 0 Å². The fourth-order valence-electron chi connectivity index (χ4n) is 1.15. The highest BCUT2D eigenvalue weighted by Gasteiger charge is 1.97. The Morgan fingerprint density at radius 3 is 2.62 bits per heavy atom. The summed E-state index contributed by atoms with van der Waals surface area (Å²) in [4.78, 5) is 0. The van der Waals surface area contributed by atoms with Crippen LogP contribution >= 0.6 is 0 Å². The molecule has 0 aliphatic heterocycles. The van der Waals surface area contributed by atoms with Crippen LogP contribution in [0.5, 0.6) is 0 Å². The highest BCUT2D eigenvalue weighted by molar-refractivity contribution is 5.48. The van der Waals surface area contributed by atoms with E-state index in [1.165, 1.54) is 0 Å². The Morgan fingerprint density at radius 1 is 1.15 bits per heavy atom. The molecule has 0 bridgehead atoms. The minimum Gasteiger partial charge on any atom is -0.399 e. The standard InChI is InChI=1S/C9H10N4/c10-7-2-1-3-9(4-7)13-6-8(11)5-12-13/h1-6H,10-11H2. The predicted octanol–water partition coefficient (Wildman–Crippen LogP) is 1.04. The molecule has 4 heteroatoms. The van der Waals surface area contributed by atoms with E-state index >= 15 is 0 Å². The van der Waals surface area contributed by atoms with Gasteiger partial charge >= 0.3 is 0 Å². The van der Waals surface area contributed by atoms with Gasteiger partial charge in [-0.1, -0.05) is 6.07 Å². The number of nitrogen functional groups attached to an aromatic ring is 2. The molecular weight excluding hydrogens is 164 g/mol. The minimum atomic E-state index is 0.641. The number of benzene rings is 1. The van der Waals surface area contributed by atoms with Gasteiger partial charge in [0, 0.05) is 5.69 Å². The van der Waals surface area contributed by atoms with E-state index in [0.717, 1.165) is 5.69 Å². The molecule has 0 spiro atoms. The van der Waals surface area contributed by atoms with Crippen molar-refractivity contribution in [3.8, 4) is 5.69 Å². The van der Waals surface area contributed by atoms with Gasteiger partial charge in [0.05, 0.1) is 23.8 Å². The van der Waals surface area contributed by atoms with Gasteiger partial charge < -0.3 is 11.5 Å². The van der Waals surface area contributed by atoms with E-state index in [0.29, 0.717) is 11.4 Å². The normalized spacial score (nSPS) is 10.2. The van der Waals surface area contributed by atoms with Gasteiger partial charge in [-0.25, -0.2) is 4.68 Å². The van der Waals surface area contributed by atoms with Gasteiger partial charge in [-0.15, -0.1) is 0 Å². The molecule has 66 valence electrons. The van der Waals surface area contributed by atoms with Crippen molar-refractivity contribution in [3.05, 3.63) is 36.7 Å². The predicted molar refractivity (Wildman–Crippen MR) is 52.4 cm³/mol. The van der Waals surface area contributed by atoms with Gasteiger partial charge in [-0.3, -0.25) is 0 Å². The first-order valence-corrected chi connectivity index (χ1v) is 3.92. The molecule has 0 radical (unpaired) electrons. The lowest BCUT2D eigenvalue weighted by atomic mass is 10.3. The van der Waals surface area contributed by atoms with Crippen molar-refractivity contribution in [2.24, 2.45) is 0 Å². The van der Waals surface area contributed by atoms with E-state index in [1.54, 1.807) is 17.1 Å². The van der Waals surface area contributed by atoms with E-state index in [-0.39, 0.29) is 0 Å². The van der Waals surface area contributed by atoms with Crippen LogP contribution in [0.2, 0.25) is 0 Å². The van der Waals surface area contributed by atoms with Crippen molar-refractivity contribution in [2.75, 3.05) is 11.5 Å². The summed E-state index contributed by atoms with van der Waals surface area (Å²) in [6, 6.07) is 7.47. The van der Waals surface area contributed by atoms with Crippen LogP contribution in [0.4, 0.5) is 11.4 Å². The zero-order chi connectivity index (χ0) is 9.26. The first-order valence-electron chi connectivity index (χ1n) is 3.92. The fraction of sp³-hybridized carbons (Fsp3) is 0. The van der Waals surface area contributed by atoms with E-state index in [1.807, 2.05) is 24.3 Å². The van der Waals surface area contributed by atoms with Crippen molar-refractivity contribution in [1.82, 2.24) is 9.78 Å². The summed E-state index contributed by atoms with van der Waals surface area (Å²) in [6.07, 6.45) is 3.35. The highest BCUT2D eigenvalue weighted by Crippen LogP contribution is 2.12. The number of hydrogen-bond donors (Lipinski definition) is 2. The van der Waals surface area contributed by atoms with E-state index in [2.05, 4.69) is 5.10 Å². The smallest absolute Gasteiger partial charge is 0.0724 e. The zero-order valence-electron chi connectivity index (χ0n) is 7.01. The Morgan fingerprint density at radius 2 is 2.00 bits per heavy atom. The number of anilines is 2. The molecule has 1 heterocycles. The third kappa shape index (κ3) is 1.46. The van der Waals surface area contributed by atoms with Crippen LogP contribution in [-0.4, -0.2) is 9.78 Å². The first-order chi connectivity index (χ1) is 6.25. The van der Waals surface area contributed by atoms with Crippen LogP contribution in [0, 0.1) is 0 Å². The lowest BCUT2D eigenvalue weighted by molar-refractivity contribution is 0.881. The second-order valence-electron chi connectivity index (χ2n) is 2.81. The van der Waals surface area contributed by atoms with Crippen molar-refractivity contribution >= 4 is 11.4 Å². The maximum absolute atomic E-state index is 5.63. The third-order valence-electron chi connectivity index (χ3n) is 1.74. The van der Waals surface area contributed by atoms with Gasteiger partial charge in [-0.2, -0.15) is 5.10 Å². The number of rotatable bonds is 1. The summed E-state index contributed by atoms with van der Waals surface area (Å²) in [7, 11) is 0. The molecule has 0 saturated heterocycles. The van der Waals surface area contributed by atoms with Gasteiger partial charge in [0.2, 0.25) is 0 Å². The quantitative estimate of drug-likeness (QED) is 0.634. The topological polar surface area (TPSA) is 69.9 Å². The van der Waals surface area contributed by atoms with E-state index < -0.39 is 0 Å². The molecule has 0 fully saturated rings. The molecule has 2 rings (SSSR count). The Hall–Kier alpha value is -1.97. The molecule has 1 aromatic carbocycles. The summed E-state index contributed by atoms with van der Waals surface area (Å²) in [5, 5.41) is 4.06. The number of hydrogen-bond acceptors (Lipinski definition) is 3. The van der Waals surface area contributed by atoms with Crippen LogP contribution in [0.15, 0.2) is 36.7 Å². The molecule has 0 amide bonds.